The van der Waals surface area contributed by atoms with Gasteiger partial charge in [-0.15, -0.1) is 0 Å². The smallest absolute Gasteiger partial charge is 0.191 e. The number of nitrogens with zero attached hydrogens (tertiary/aromatic N) is 3. The predicted molar refractivity (Wildman–Crippen MR) is 120 cm³/mol. The molecule has 2 N–H and O–H groups in total. The number of nitrogens with one attached hydrogen (secondary N) is 2. The van der Waals surface area contributed by atoms with E-state index in [9.17, 15) is 0 Å². The van der Waals surface area contributed by atoms with Crippen LogP contribution >= 0.6 is 0 Å². The first-order valence-corrected chi connectivity index (χ1v) is 10.5. The van der Waals surface area contributed by atoms with Gasteiger partial charge >= 0.3 is 0 Å². The number of hydrogen-bond acceptors (Lipinski definition) is 5. The van der Waals surface area contributed by atoms with Crippen molar-refractivity contribution in [2.45, 2.75) is 26.0 Å². The summed E-state index contributed by atoms with van der Waals surface area (Å²) in [7, 11) is 7.67. The van der Waals surface area contributed by atoms with Gasteiger partial charge in [-0.2, -0.15) is 0 Å². The first-order chi connectivity index (χ1) is 13.9. The lowest BCUT2D eigenvalue weighted by molar-refractivity contribution is -0.0284. The molecule has 7 heteroatoms. The van der Waals surface area contributed by atoms with E-state index in [1.807, 2.05) is 12.1 Å². The van der Waals surface area contributed by atoms with E-state index in [0.717, 1.165) is 51.0 Å². The van der Waals surface area contributed by atoms with Crippen LogP contribution in [0.15, 0.2) is 29.3 Å². The largest absolute Gasteiger partial charge is 0.497 e. The first-order valence-electron chi connectivity index (χ1n) is 10.5. The molecule has 2 unspecified atom stereocenters. The minimum absolute atomic E-state index is 0.187. The number of hydrogen-bond donors (Lipinski definition) is 2. The molecule has 0 aliphatic carbocycles. The van der Waals surface area contributed by atoms with Crippen molar-refractivity contribution in [3.8, 4) is 5.75 Å². The Morgan fingerprint density at radius 2 is 2.00 bits per heavy atom. The summed E-state index contributed by atoms with van der Waals surface area (Å²) in [6.45, 7) is 9.94. The third-order valence-electron chi connectivity index (χ3n) is 5.15. The average molecular weight is 406 g/mol. The Balaban J connectivity index is 1.84. The van der Waals surface area contributed by atoms with Gasteiger partial charge in [0.25, 0.3) is 0 Å². The van der Waals surface area contributed by atoms with Crippen LogP contribution in [0.2, 0.25) is 0 Å². The monoisotopic (exact) mass is 405 g/mol. The molecular formula is C22H39N5O2. The Morgan fingerprint density at radius 1 is 1.28 bits per heavy atom. The predicted octanol–water partition coefficient (Wildman–Crippen LogP) is 1.82. The van der Waals surface area contributed by atoms with E-state index >= 15 is 0 Å². The van der Waals surface area contributed by atoms with Gasteiger partial charge in [0.2, 0.25) is 0 Å². The highest BCUT2D eigenvalue weighted by molar-refractivity contribution is 5.79. The molecule has 1 aliphatic rings. The fourth-order valence-electron chi connectivity index (χ4n) is 3.64. The van der Waals surface area contributed by atoms with Crippen LogP contribution in [0.4, 0.5) is 0 Å². The molecule has 1 heterocycles. The number of methoxy groups -OCH3 is 1. The van der Waals surface area contributed by atoms with Crippen molar-refractivity contribution in [3.63, 3.8) is 0 Å². The van der Waals surface area contributed by atoms with E-state index in [-0.39, 0.29) is 12.1 Å². The summed E-state index contributed by atoms with van der Waals surface area (Å²) in [6, 6.07) is 8.46. The maximum absolute atomic E-state index is 5.93. The van der Waals surface area contributed by atoms with Gasteiger partial charge in [0, 0.05) is 39.8 Å². The molecule has 29 heavy (non-hydrogen) atoms. The second-order valence-electron chi connectivity index (χ2n) is 8.23. The van der Waals surface area contributed by atoms with Gasteiger partial charge in [-0.25, -0.2) is 0 Å². The Bertz CT molecular complexity index is 618. The lowest BCUT2D eigenvalue weighted by Gasteiger charge is -2.34. The van der Waals surface area contributed by atoms with E-state index < -0.39 is 0 Å². The third-order valence-corrected chi connectivity index (χ3v) is 5.15. The van der Waals surface area contributed by atoms with Crippen molar-refractivity contribution in [1.82, 2.24) is 20.4 Å². The summed E-state index contributed by atoms with van der Waals surface area (Å²) in [5.41, 5.74) is 1.23. The molecule has 0 saturated carbocycles. The van der Waals surface area contributed by atoms with Crippen LogP contribution in [0, 0.1) is 5.92 Å². The van der Waals surface area contributed by atoms with Crippen molar-refractivity contribution in [3.05, 3.63) is 29.8 Å². The topological polar surface area (TPSA) is 61.4 Å². The zero-order chi connectivity index (χ0) is 21.2. The molecule has 2 atom stereocenters. The van der Waals surface area contributed by atoms with Gasteiger partial charge in [-0.1, -0.05) is 26.0 Å². The zero-order valence-electron chi connectivity index (χ0n) is 18.9. The zero-order valence-corrected chi connectivity index (χ0v) is 18.9. The molecule has 1 saturated heterocycles. The van der Waals surface area contributed by atoms with E-state index in [1.165, 1.54) is 5.56 Å². The van der Waals surface area contributed by atoms with Gasteiger partial charge in [0.15, 0.2) is 5.96 Å². The maximum atomic E-state index is 5.93. The number of benzene rings is 1. The van der Waals surface area contributed by atoms with Crippen LogP contribution in [0.5, 0.6) is 5.75 Å². The molecule has 0 aromatic heterocycles. The second-order valence-corrected chi connectivity index (χ2v) is 8.23. The number of ether oxygens (including phenoxy) is 2. The van der Waals surface area contributed by atoms with E-state index in [0.29, 0.717) is 5.92 Å². The summed E-state index contributed by atoms with van der Waals surface area (Å²) in [6.07, 6.45) is 0.187. The van der Waals surface area contributed by atoms with Gasteiger partial charge in [0.1, 0.15) is 5.75 Å². The van der Waals surface area contributed by atoms with E-state index in [2.05, 4.69) is 65.5 Å². The lowest BCUT2D eigenvalue weighted by atomic mass is 10.1. The highest BCUT2D eigenvalue weighted by Gasteiger charge is 2.21. The molecule has 2 rings (SSSR count). The highest BCUT2D eigenvalue weighted by atomic mass is 16.5. The van der Waals surface area contributed by atoms with Gasteiger partial charge < -0.3 is 25.0 Å². The molecule has 0 spiro atoms. The molecule has 1 aromatic rings. The van der Waals surface area contributed by atoms with Crippen molar-refractivity contribution in [2.75, 3.05) is 67.6 Å². The second kappa shape index (κ2) is 12.0. The minimum atomic E-state index is 0.187. The number of aliphatic imine (C=N–C) groups is 1. The van der Waals surface area contributed by atoms with Crippen molar-refractivity contribution in [1.29, 1.82) is 0 Å². The van der Waals surface area contributed by atoms with Gasteiger partial charge in [-0.05, 0) is 37.7 Å². The molecule has 1 aromatic carbocycles. The summed E-state index contributed by atoms with van der Waals surface area (Å²) in [5.74, 6) is 2.35. The lowest BCUT2D eigenvalue weighted by Crippen LogP contribution is -2.50. The number of morpholine rings is 1. The molecule has 164 valence electrons. The van der Waals surface area contributed by atoms with Crippen LogP contribution in [0.25, 0.3) is 0 Å². The fourth-order valence-corrected chi connectivity index (χ4v) is 3.64. The van der Waals surface area contributed by atoms with Gasteiger partial charge in [0.05, 0.1) is 25.9 Å². The Labute approximate surface area is 176 Å². The Morgan fingerprint density at radius 3 is 2.59 bits per heavy atom. The van der Waals surface area contributed by atoms with Crippen LogP contribution in [-0.2, 0) is 4.74 Å². The molecule has 1 aliphatic heterocycles. The van der Waals surface area contributed by atoms with Crippen LogP contribution < -0.4 is 15.4 Å². The van der Waals surface area contributed by atoms with Gasteiger partial charge in [-0.3, -0.25) is 9.89 Å². The summed E-state index contributed by atoms with van der Waals surface area (Å²) in [5, 5.41) is 6.88. The van der Waals surface area contributed by atoms with Crippen LogP contribution in [0.1, 0.15) is 25.5 Å². The molecular weight excluding hydrogens is 366 g/mol. The third kappa shape index (κ3) is 7.84. The molecule has 7 nitrogen and oxygen atoms in total. The Hall–Kier alpha value is -1.83. The molecule has 0 amide bonds. The number of likely N-dealkylation sites (N-methyl/N-ethyl adjacent to an activating group) is 1. The molecule has 0 radical (unpaired) electrons. The van der Waals surface area contributed by atoms with E-state index in [1.54, 1.807) is 14.2 Å². The standard InChI is InChI=1S/C22H39N5O2/c1-17(2)15-27-11-12-29-20(16-27)13-24-22(23-3)25-14-21(26(4)5)18-7-9-19(28-6)10-8-18/h7-10,17,20-21H,11-16H2,1-6H3,(H2,23,24,25). The summed E-state index contributed by atoms with van der Waals surface area (Å²) < 4.78 is 11.2. The molecule has 0 bridgehead atoms. The average Bonchev–Trinajstić information content (AvgIpc) is 2.70. The highest BCUT2D eigenvalue weighted by Crippen LogP contribution is 2.20. The van der Waals surface area contributed by atoms with Crippen LogP contribution in [-0.4, -0.2) is 89.4 Å². The maximum Gasteiger partial charge on any atom is 0.191 e. The normalized spacial score (nSPS) is 19.4. The number of rotatable bonds is 9. The summed E-state index contributed by atoms with van der Waals surface area (Å²) in [4.78, 5) is 9.07. The van der Waals surface area contributed by atoms with Crippen molar-refractivity contribution in [2.24, 2.45) is 10.9 Å². The quantitative estimate of drug-likeness (QED) is 0.483. The van der Waals surface area contributed by atoms with Crippen molar-refractivity contribution < 1.29 is 9.47 Å². The number of guanidine groups is 1. The fraction of sp³-hybridized carbons (Fsp3) is 0.682. The molecule has 1 fully saturated rings. The van der Waals surface area contributed by atoms with Crippen LogP contribution in [0.3, 0.4) is 0 Å². The minimum Gasteiger partial charge on any atom is -0.497 e. The van der Waals surface area contributed by atoms with Crippen molar-refractivity contribution >= 4 is 5.96 Å². The first kappa shape index (κ1) is 23.4. The van der Waals surface area contributed by atoms with E-state index in [4.69, 9.17) is 9.47 Å². The SMILES string of the molecule is CN=C(NCC1CN(CC(C)C)CCO1)NCC(c1ccc(OC)cc1)N(C)C. The Kier molecular flexibility index (Phi) is 9.70. The summed E-state index contributed by atoms with van der Waals surface area (Å²) >= 11 is 0.